The quantitative estimate of drug-likeness (QED) is 0.602. The largest absolute Gasteiger partial charge is 0.480 e. The van der Waals surface area contributed by atoms with Crippen LogP contribution in [-0.2, 0) is 9.59 Å². The number of likely N-dealkylation sites (tertiary alicyclic amines) is 1. The van der Waals surface area contributed by atoms with Gasteiger partial charge >= 0.3 is 5.97 Å². The minimum atomic E-state index is -0.989. The lowest BCUT2D eigenvalue weighted by atomic mass is 10.2. The first-order valence-corrected chi connectivity index (χ1v) is 5.91. The van der Waals surface area contributed by atoms with Crippen molar-refractivity contribution in [3.63, 3.8) is 0 Å². The number of carboxylic acids is 1. The number of nitrogens with zero attached hydrogens (tertiary/aromatic N) is 1. The van der Waals surface area contributed by atoms with Crippen LogP contribution in [0.1, 0.15) is 26.7 Å². The van der Waals surface area contributed by atoms with E-state index in [2.05, 4.69) is 5.32 Å². The zero-order valence-electron chi connectivity index (χ0n) is 10.2. The molecule has 0 aliphatic carbocycles. The first kappa shape index (κ1) is 13.9. The van der Waals surface area contributed by atoms with Gasteiger partial charge in [-0.1, -0.05) is 6.92 Å². The Balaban J connectivity index is 2.63. The highest BCUT2D eigenvalue weighted by molar-refractivity contribution is 5.83. The fraction of sp³-hybridized carbons (Fsp3) is 0.818. The number of aliphatic hydroxyl groups is 1. The number of carbonyl (C=O) groups excluding carboxylic acids is 1. The first-order valence-electron chi connectivity index (χ1n) is 5.91. The molecular formula is C11H20N2O4. The summed E-state index contributed by atoms with van der Waals surface area (Å²) in [5, 5.41) is 21.2. The predicted molar refractivity (Wildman–Crippen MR) is 61.5 cm³/mol. The number of hydrogen-bond acceptors (Lipinski definition) is 4. The van der Waals surface area contributed by atoms with E-state index in [1.54, 1.807) is 6.92 Å². The van der Waals surface area contributed by atoms with Gasteiger partial charge in [0.2, 0.25) is 5.91 Å². The van der Waals surface area contributed by atoms with Crippen molar-refractivity contribution >= 4 is 11.9 Å². The number of aliphatic hydroxyl groups excluding tert-OH is 1. The lowest BCUT2D eigenvalue weighted by Gasteiger charge is -2.26. The van der Waals surface area contributed by atoms with E-state index in [9.17, 15) is 14.7 Å². The number of nitrogens with one attached hydrogen (secondary N) is 1. The van der Waals surface area contributed by atoms with Gasteiger partial charge in [0, 0.05) is 19.5 Å². The summed E-state index contributed by atoms with van der Waals surface area (Å²) >= 11 is 0. The van der Waals surface area contributed by atoms with Crippen LogP contribution in [0.5, 0.6) is 0 Å². The summed E-state index contributed by atoms with van der Waals surface area (Å²) in [5.74, 6) is -1.18. The number of carbonyl (C=O) groups is 2. The molecule has 1 fully saturated rings. The van der Waals surface area contributed by atoms with E-state index in [1.807, 2.05) is 6.92 Å². The van der Waals surface area contributed by atoms with Crippen LogP contribution in [0.2, 0.25) is 0 Å². The van der Waals surface area contributed by atoms with Gasteiger partial charge in [-0.3, -0.25) is 14.5 Å². The van der Waals surface area contributed by atoms with Crippen LogP contribution in [0.4, 0.5) is 0 Å². The van der Waals surface area contributed by atoms with Crippen LogP contribution in [0.15, 0.2) is 0 Å². The molecule has 0 aromatic rings. The summed E-state index contributed by atoms with van der Waals surface area (Å²) in [4.78, 5) is 24.3. The second-order valence-corrected chi connectivity index (χ2v) is 4.41. The predicted octanol–water partition coefficient (Wildman–Crippen LogP) is -0.579. The van der Waals surface area contributed by atoms with Crippen LogP contribution in [0.3, 0.4) is 0 Å². The third-order valence-electron chi connectivity index (χ3n) is 3.03. The van der Waals surface area contributed by atoms with Crippen molar-refractivity contribution in [2.75, 3.05) is 13.1 Å². The number of amides is 1. The maximum atomic E-state index is 11.7. The third-order valence-corrected chi connectivity index (χ3v) is 3.03. The molecule has 3 N–H and O–H groups in total. The Morgan fingerprint density at radius 2 is 2.18 bits per heavy atom. The molecule has 3 atom stereocenters. The van der Waals surface area contributed by atoms with Gasteiger partial charge in [0.1, 0.15) is 6.04 Å². The Kier molecular flexibility index (Phi) is 4.89. The highest BCUT2D eigenvalue weighted by Gasteiger charge is 2.40. The van der Waals surface area contributed by atoms with E-state index in [0.29, 0.717) is 6.54 Å². The highest BCUT2D eigenvalue weighted by atomic mass is 16.4. The van der Waals surface area contributed by atoms with E-state index in [4.69, 9.17) is 5.11 Å². The molecule has 6 heteroatoms. The van der Waals surface area contributed by atoms with Crippen molar-refractivity contribution in [3.8, 4) is 0 Å². The summed E-state index contributed by atoms with van der Waals surface area (Å²) < 4.78 is 0. The van der Waals surface area contributed by atoms with Gasteiger partial charge in [-0.25, -0.2) is 0 Å². The van der Waals surface area contributed by atoms with Gasteiger partial charge in [-0.15, -0.1) is 0 Å². The van der Waals surface area contributed by atoms with Gasteiger partial charge < -0.3 is 15.5 Å². The molecule has 0 aromatic carbocycles. The van der Waals surface area contributed by atoms with E-state index >= 15 is 0 Å². The van der Waals surface area contributed by atoms with Gasteiger partial charge in [0.05, 0.1) is 12.1 Å². The average molecular weight is 244 g/mol. The topological polar surface area (TPSA) is 89.9 Å². The molecule has 1 rings (SSSR count). The molecule has 1 aliphatic rings. The van der Waals surface area contributed by atoms with Crippen LogP contribution in [-0.4, -0.2) is 58.3 Å². The molecule has 0 radical (unpaired) electrons. The Labute approximate surface area is 101 Å². The van der Waals surface area contributed by atoms with Gasteiger partial charge in [-0.05, 0) is 13.3 Å². The second kappa shape index (κ2) is 5.97. The van der Waals surface area contributed by atoms with Gasteiger partial charge in [0.15, 0.2) is 0 Å². The minimum absolute atomic E-state index is 0.181. The Hall–Kier alpha value is -1.14. The standard InChI is InChI=1S/C11H20N2O4/c1-3-4-12-10(15)7(2)13-6-8(14)5-9(13)11(16)17/h7-9,14H,3-6H2,1-2H3,(H,12,15)(H,16,17). The maximum absolute atomic E-state index is 11.7. The number of β-amino-alcohol motifs (C(OH)–C–C–N with tert-alkyl or cyclic N) is 1. The molecule has 1 saturated heterocycles. The Bertz CT molecular complexity index is 295. The summed E-state index contributed by atoms with van der Waals surface area (Å²) in [6, 6.07) is -1.30. The second-order valence-electron chi connectivity index (χ2n) is 4.41. The van der Waals surface area contributed by atoms with Crippen LogP contribution in [0, 0.1) is 0 Å². The lowest BCUT2D eigenvalue weighted by molar-refractivity contribution is -0.143. The minimum Gasteiger partial charge on any atom is -0.480 e. The Morgan fingerprint density at radius 3 is 2.71 bits per heavy atom. The Morgan fingerprint density at radius 1 is 1.53 bits per heavy atom. The molecule has 1 amide bonds. The van der Waals surface area contributed by atoms with Crippen LogP contribution >= 0.6 is 0 Å². The van der Waals surface area contributed by atoms with Crippen molar-refractivity contribution in [2.45, 2.75) is 44.9 Å². The summed E-state index contributed by atoms with van der Waals surface area (Å²) in [7, 11) is 0. The molecule has 0 spiro atoms. The molecule has 17 heavy (non-hydrogen) atoms. The van der Waals surface area contributed by atoms with Crippen molar-refractivity contribution < 1.29 is 19.8 Å². The zero-order valence-corrected chi connectivity index (χ0v) is 10.2. The summed E-state index contributed by atoms with van der Waals surface area (Å²) in [5.41, 5.74) is 0. The molecule has 1 aliphatic heterocycles. The average Bonchev–Trinajstić information content (AvgIpc) is 2.67. The molecule has 98 valence electrons. The van der Waals surface area contributed by atoms with Gasteiger partial charge in [-0.2, -0.15) is 0 Å². The van der Waals surface area contributed by atoms with Crippen molar-refractivity contribution in [1.82, 2.24) is 10.2 Å². The van der Waals surface area contributed by atoms with Crippen LogP contribution in [0.25, 0.3) is 0 Å². The zero-order chi connectivity index (χ0) is 13.0. The molecule has 0 aromatic heterocycles. The SMILES string of the molecule is CCCNC(=O)C(C)N1CC(O)CC1C(=O)O. The van der Waals surface area contributed by atoms with E-state index < -0.39 is 24.2 Å². The summed E-state index contributed by atoms with van der Waals surface area (Å²) in [6.07, 6.45) is 0.349. The van der Waals surface area contributed by atoms with Crippen molar-refractivity contribution in [2.24, 2.45) is 0 Å². The van der Waals surface area contributed by atoms with Gasteiger partial charge in [0.25, 0.3) is 0 Å². The fourth-order valence-electron chi connectivity index (χ4n) is 2.06. The normalized spacial score (nSPS) is 26.8. The van der Waals surface area contributed by atoms with Crippen LogP contribution < -0.4 is 5.32 Å². The number of carboxylic acid groups (broad SMARTS) is 1. The molecule has 0 bridgehead atoms. The number of hydrogen-bond donors (Lipinski definition) is 3. The summed E-state index contributed by atoms with van der Waals surface area (Å²) in [6.45, 7) is 4.43. The first-order chi connectivity index (χ1) is 7.97. The molecule has 6 nitrogen and oxygen atoms in total. The third kappa shape index (κ3) is 3.41. The van der Waals surface area contributed by atoms with Crippen molar-refractivity contribution in [1.29, 1.82) is 0 Å². The molecule has 0 saturated carbocycles. The number of aliphatic carboxylic acids is 1. The number of rotatable bonds is 5. The van der Waals surface area contributed by atoms with E-state index in [1.165, 1.54) is 4.90 Å². The van der Waals surface area contributed by atoms with E-state index in [-0.39, 0.29) is 18.9 Å². The lowest BCUT2D eigenvalue weighted by Crippen LogP contribution is -2.49. The molecule has 3 unspecified atom stereocenters. The van der Waals surface area contributed by atoms with Crippen molar-refractivity contribution in [3.05, 3.63) is 0 Å². The monoisotopic (exact) mass is 244 g/mol. The highest BCUT2D eigenvalue weighted by Crippen LogP contribution is 2.20. The fourth-order valence-corrected chi connectivity index (χ4v) is 2.06. The smallest absolute Gasteiger partial charge is 0.321 e. The maximum Gasteiger partial charge on any atom is 0.321 e. The molecule has 1 heterocycles. The van der Waals surface area contributed by atoms with E-state index in [0.717, 1.165) is 6.42 Å². The molecular weight excluding hydrogens is 224 g/mol.